The van der Waals surface area contributed by atoms with Crippen LogP contribution in [0.3, 0.4) is 0 Å². The highest BCUT2D eigenvalue weighted by atomic mass is 35.5. The van der Waals surface area contributed by atoms with Gasteiger partial charge in [-0.2, -0.15) is 0 Å². The van der Waals surface area contributed by atoms with E-state index in [9.17, 15) is 14.7 Å². The Labute approximate surface area is 186 Å². The first kappa shape index (κ1) is 24.0. The van der Waals surface area contributed by atoms with Gasteiger partial charge in [-0.15, -0.1) is 0 Å². The van der Waals surface area contributed by atoms with Gasteiger partial charge in [-0.25, -0.2) is 0 Å². The molecule has 2 rings (SSSR count). The number of hydrogen-bond acceptors (Lipinski definition) is 4. The molecule has 8 heteroatoms. The van der Waals surface area contributed by atoms with Gasteiger partial charge < -0.3 is 20.5 Å². The number of aliphatic hydroxyl groups excluding tert-OH is 1. The molecule has 162 valence electrons. The molecule has 0 fully saturated rings. The summed E-state index contributed by atoms with van der Waals surface area (Å²) in [5.41, 5.74) is 1.52. The van der Waals surface area contributed by atoms with Crippen molar-refractivity contribution < 1.29 is 19.4 Å². The summed E-state index contributed by atoms with van der Waals surface area (Å²) in [5, 5.41) is 16.1. The molecule has 0 aliphatic carbocycles. The lowest BCUT2D eigenvalue weighted by Gasteiger charge is -2.23. The highest BCUT2D eigenvalue weighted by Crippen LogP contribution is 2.31. The molecule has 0 aliphatic rings. The molecular weight excluding hydrogens is 427 g/mol. The predicted octanol–water partition coefficient (Wildman–Crippen LogP) is 3.61. The van der Waals surface area contributed by atoms with E-state index in [1.54, 1.807) is 30.3 Å². The first-order chi connectivity index (χ1) is 14.2. The van der Waals surface area contributed by atoms with Gasteiger partial charge in [0, 0.05) is 12.1 Å². The molecule has 0 heterocycles. The van der Waals surface area contributed by atoms with Crippen molar-refractivity contribution in [2.24, 2.45) is 5.92 Å². The minimum Gasteiger partial charge on any atom is -0.489 e. The summed E-state index contributed by atoms with van der Waals surface area (Å²) in [7, 11) is 0. The molecule has 0 saturated heterocycles. The van der Waals surface area contributed by atoms with Crippen molar-refractivity contribution in [3.05, 3.63) is 63.6 Å². The number of carbonyl (C=O) groups is 2. The number of nitrogens with one attached hydrogen (secondary N) is 2. The van der Waals surface area contributed by atoms with Gasteiger partial charge in [-0.1, -0.05) is 60.8 Å². The molecule has 0 bridgehead atoms. The van der Waals surface area contributed by atoms with Gasteiger partial charge in [0.05, 0.1) is 5.02 Å². The zero-order chi connectivity index (χ0) is 22.3. The van der Waals surface area contributed by atoms with E-state index in [1.807, 2.05) is 32.9 Å². The third kappa shape index (κ3) is 6.90. The van der Waals surface area contributed by atoms with Crippen molar-refractivity contribution in [1.29, 1.82) is 0 Å². The lowest BCUT2D eigenvalue weighted by molar-refractivity contribution is -0.124. The monoisotopic (exact) mass is 452 g/mol. The Kier molecular flexibility index (Phi) is 8.96. The maximum absolute atomic E-state index is 12.6. The smallest absolute Gasteiger partial charge is 0.251 e. The van der Waals surface area contributed by atoms with Crippen LogP contribution >= 0.6 is 23.2 Å². The number of aryl methyl sites for hydroxylation is 1. The molecular formula is C22H26Cl2N2O4. The summed E-state index contributed by atoms with van der Waals surface area (Å²) in [4.78, 5) is 25.0. The molecule has 2 atom stereocenters. The van der Waals surface area contributed by atoms with Crippen LogP contribution in [0.15, 0.2) is 42.5 Å². The number of rotatable bonds is 9. The highest BCUT2D eigenvalue weighted by Gasteiger charge is 2.25. The van der Waals surface area contributed by atoms with Crippen LogP contribution in [-0.2, 0) is 4.79 Å². The number of benzene rings is 2. The van der Waals surface area contributed by atoms with E-state index in [2.05, 4.69) is 10.6 Å². The van der Waals surface area contributed by atoms with Crippen LogP contribution in [0.1, 0.15) is 29.8 Å². The van der Waals surface area contributed by atoms with Gasteiger partial charge in [0.25, 0.3) is 5.91 Å². The van der Waals surface area contributed by atoms with Gasteiger partial charge in [-0.05, 0) is 37.1 Å². The Balaban J connectivity index is 1.87. The maximum Gasteiger partial charge on any atom is 0.251 e. The Morgan fingerprint density at radius 3 is 2.40 bits per heavy atom. The molecule has 2 aromatic rings. The fraction of sp³-hybridized carbons (Fsp3) is 0.364. The van der Waals surface area contributed by atoms with Crippen molar-refractivity contribution in [2.45, 2.75) is 32.9 Å². The molecule has 0 aromatic heterocycles. The standard InChI is InChI=1S/C22H26Cl2N2O4/c1-13(2)20(26-21(28)15-9-7-14(3)8-10-15)22(29)25-11-16(27)12-30-18-6-4-5-17(23)19(18)24/h4-10,13,16,20,27H,11-12H2,1-3H3,(H,25,29)(H,26,28). The van der Waals surface area contributed by atoms with Crippen LogP contribution in [0, 0.1) is 12.8 Å². The van der Waals surface area contributed by atoms with E-state index < -0.39 is 12.1 Å². The summed E-state index contributed by atoms with van der Waals surface area (Å²) in [5.74, 6) is -0.508. The zero-order valence-corrected chi connectivity index (χ0v) is 18.6. The first-order valence-electron chi connectivity index (χ1n) is 9.59. The molecule has 2 aromatic carbocycles. The largest absolute Gasteiger partial charge is 0.489 e. The molecule has 30 heavy (non-hydrogen) atoms. The van der Waals surface area contributed by atoms with Crippen LogP contribution in [0.2, 0.25) is 10.0 Å². The Hall–Kier alpha value is -2.28. The van der Waals surface area contributed by atoms with E-state index in [0.717, 1.165) is 5.56 Å². The van der Waals surface area contributed by atoms with Crippen LogP contribution in [0.5, 0.6) is 5.75 Å². The average Bonchev–Trinajstić information content (AvgIpc) is 2.71. The van der Waals surface area contributed by atoms with Crippen LogP contribution < -0.4 is 15.4 Å². The Morgan fingerprint density at radius 1 is 1.10 bits per heavy atom. The maximum atomic E-state index is 12.6. The van der Waals surface area contributed by atoms with Crippen molar-refractivity contribution >= 4 is 35.0 Å². The van der Waals surface area contributed by atoms with E-state index in [4.69, 9.17) is 27.9 Å². The summed E-state index contributed by atoms with van der Waals surface area (Å²) >= 11 is 12.0. The van der Waals surface area contributed by atoms with Crippen LogP contribution in [-0.4, -0.2) is 42.2 Å². The summed E-state index contributed by atoms with van der Waals surface area (Å²) < 4.78 is 5.46. The molecule has 2 unspecified atom stereocenters. The van der Waals surface area contributed by atoms with E-state index in [0.29, 0.717) is 16.3 Å². The van der Waals surface area contributed by atoms with Gasteiger partial charge in [0.1, 0.15) is 29.5 Å². The number of hydrogen-bond donors (Lipinski definition) is 3. The minimum atomic E-state index is -0.968. The summed E-state index contributed by atoms with van der Waals surface area (Å²) in [6.45, 7) is 5.48. The highest BCUT2D eigenvalue weighted by molar-refractivity contribution is 6.42. The molecule has 0 saturated carbocycles. The van der Waals surface area contributed by atoms with Gasteiger partial charge in [-0.3, -0.25) is 9.59 Å². The molecule has 6 nitrogen and oxygen atoms in total. The van der Waals surface area contributed by atoms with Crippen LogP contribution in [0.4, 0.5) is 0 Å². The lowest BCUT2D eigenvalue weighted by atomic mass is 10.0. The van der Waals surface area contributed by atoms with Gasteiger partial charge in [0.15, 0.2) is 0 Å². The minimum absolute atomic E-state index is 0.0410. The predicted molar refractivity (Wildman–Crippen MR) is 118 cm³/mol. The topological polar surface area (TPSA) is 87.7 Å². The third-order valence-corrected chi connectivity index (χ3v) is 5.21. The molecule has 0 spiro atoms. The molecule has 0 radical (unpaired) electrons. The summed E-state index contributed by atoms with van der Waals surface area (Å²) in [6, 6.07) is 11.3. The van der Waals surface area contributed by atoms with Gasteiger partial charge >= 0.3 is 0 Å². The Bertz CT molecular complexity index is 872. The first-order valence-corrected chi connectivity index (χ1v) is 10.3. The SMILES string of the molecule is Cc1ccc(C(=O)NC(C(=O)NCC(O)COc2cccc(Cl)c2Cl)C(C)C)cc1. The number of aliphatic hydroxyl groups is 1. The lowest BCUT2D eigenvalue weighted by Crippen LogP contribution is -2.51. The number of carbonyl (C=O) groups excluding carboxylic acids is 2. The van der Waals surface area contributed by atoms with E-state index >= 15 is 0 Å². The second kappa shape index (κ2) is 11.2. The van der Waals surface area contributed by atoms with E-state index in [-0.39, 0.29) is 35.9 Å². The van der Waals surface area contributed by atoms with Crippen molar-refractivity contribution in [2.75, 3.05) is 13.2 Å². The van der Waals surface area contributed by atoms with Gasteiger partial charge in [0.2, 0.25) is 5.91 Å². The number of ether oxygens (including phenoxy) is 1. The van der Waals surface area contributed by atoms with Crippen molar-refractivity contribution in [3.63, 3.8) is 0 Å². The fourth-order valence-electron chi connectivity index (χ4n) is 2.63. The van der Waals surface area contributed by atoms with Crippen LogP contribution in [0.25, 0.3) is 0 Å². The summed E-state index contributed by atoms with van der Waals surface area (Å²) in [6.07, 6.45) is -0.968. The fourth-order valence-corrected chi connectivity index (χ4v) is 2.98. The normalized spacial score (nSPS) is 12.9. The van der Waals surface area contributed by atoms with Crippen molar-refractivity contribution in [1.82, 2.24) is 10.6 Å². The zero-order valence-electron chi connectivity index (χ0n) is 17.1. The second-order valence-electron chi connectivity index (χ2n) is 7.32. The second-order valence-corrected chi connectivity index (χ2v) is 8.11. The molecule has 0 aliphatic heterocycles. The average molecular weight is 453 g/mol. The molecule has 2 amide bonds. The third-order valence-electron chi connectivity index (χ3n) is 4.41. The number of amides is 2. The van der Waals surface area contributed by atoms with Crippen molar-refractivity contribution in [3.8, 4) is 5.75 Å². The molecule has 3 N–H and O–H groups in total. The number of halogens is 2. The van der Waals surface area contributed by atoms with E-state index in [1.165, 1.54) is 0 Å². The quantitative estimate of drug-likeness (QED) is 0.542. The Morgan fingerprint density at radius 2 is 1.77 bits per heavy atom.